The molecule has 0 aromatic heterocycles. The molecule has 0 spiro atoms. The van der Waals surface area contributed by atoms with E-state index in [-0.39, 0.29) is 13.1 Å². The number of carbonyl (C=O) groups is 1. The van der Waals surface area contributed by atoms with Gasteiger partial charge in [0.1, 0.15) is 6.61 Å². The fourth-order valence-corrected chi connectivity index (χ4v) is 3.81. The van der Waals surface area contributed by atoms with Gasteiger partial charge in [0.05, 0.1) is 26.1 Å². The number of nitrogens with one attached hydrogen (secondary N) is 1. The second kappa shape index (κ2) is 12.0. The van der Waals surface area contributed by atoms with Gasteiger partial charge in [-0.15, -0.1) is 0 Å². The molecule has 0 saturated carbocycles. The zero-order chi connectivity index (χ0) is 24.4. The van der Waals surface area contributed by atoms with E-state index in [1.54, 1.807) is 37.4 Å². The van der Waals surface area contributed by atoms with Crippen LogP contribution >= 0.6 is 0 Å². The highest BCUT2D eigenvalue weighted by atomic mass is 32.2. The number of amides is 1. The number of hydrogen-bond acceptors (Lipinski definition) is 6. The van der Waals surface area contributed by atoms with E-state index < -0.39 is 15.9 Å². The van der Waals surface area contributed by atoms with Gasteiger partial charge in [-0.25, -0.2) is 13.8 Å². The van der Waals surface area contributed by atoms with Gasteiger partial charge in [-0.05, 0) is 34.9 Å². The average molecular weight is 482 g/mol. The summed E-state index contributed by atoms with van der Waals surface area (Å²) < 4.78 is 36.5. The lowest BCUT2D eigenvalue weighted by atomic mass is 10.2. The minimum absolute atomic E-state index is 0.0957. The van der Waals surface area contributed by atoms with Crippen LogP contribution in [0, 0.1) is 0 Å². The Bertz CT molecular complexity index is 1220. The molecular weight excluding hydrogens is 454 g/mol. The summed E-state index contributed by atoms with van der Waals surface area (Å²) in [7, 11) is -2.04. The molecule has 9 heteroatoms. The third-order valence-electron chi connectivity index (χ3n) is 4.82. The van der Waals surface area contributed by atoms with E-state index in [4.69, 9.17) is 9.47 Å². The molecule has 0 atom stereocenters. The second-order valence-corrected chi connectivity index (χ2v) is 9.48. The van der Waals surface area contributed by atoms with Crippen molar-refractivity contribution in [2.75, 3.05) is 19.9 Å². The van der Waals surface area contributed by atoms with Crippen molar-refractivity contribution in [2.45, 2.75) is 13.2 Å². The summed E-state index contributed by atoms with van der Waals surface area (Å²) in [5.74, 6) is 0.557. The molecule has 1 N–H and O–H groups in total. The lowest BCUT2D eigenvalue weighted by Crippen LogP contribution is -2.38. The van der Waals surface area contributed by atoms with Crippen LogP contribution in [0.1, 0.15) is 16.7 Å². The number of ether oxygens (including phenoxy) is 2. The highest BCUT2D eigenvalue weighted by Crippen LogP contribution is 2.28. The first-order chi connectivity index (χ1) is 16.3. The summed E-state index contributed by atoms with van der Waals surface area (Å²) >= 11 is 0. The molecule has 0 fully saturated rings. The maximum absolute atomic E-state index is 12.3. The molecule has 0 aliphatic carbocycles. The number of sulfonamides is 1. The molecule has 0 saturated heterocycles. The van der Waals surface area contributed by atoms with Crippen LogP contribution in [0.15, 0.2) is 84.0 Å². The normalized spacial score (nSPS) is 11.5. The monoisotopic (exact) mass is 481 g/mol. The van der Waals surface area contributed by atoms with E-state index in [1.807, 2.05) is 48.5 Å². The van der Waals surface area contributed by atoms with Crippen LogP contribution in [0.2, 0.25) is 0 Å². The van der Waals surface area contributed by atoms with E-state index >= 15 is 0 Å². The van der Waals surface area contributed by atoms with Gasteiger partial charge in [0.2, 0.25) is 10.0 Å². The van der Waals surface area contributed by atoms with E-state index in [2.05, 4.69) is 10.5 Å². The Kier molecular flexibility index (Phi) is 8.78. The first-order valence-corrected chi connectivity index (χ1v) is 12.4. The SMILES string of the molecule is COc1cc(/C=N\NC(=O)CN(Cc2ccccc2)S(C)(=O)=O)ccc1OCc1ccccc1. The molecule has 0 radical (unpaired) electrons. The van der Waals surface area contributed by atoms with Gasteiger partial charge in [0.25, 0.3) is 5.91 Å². The summed E-state index contributed by atoms with van der Waals surface area (Å²) in [5, 5.41) is 3.94. The largest absolute Gasteiger partial charge is 0.493 e. The average Bonchev–Trinajstić information content (AvgIpc) is 2.83. The van der Waals surface area contributed by atoms with Crippen molar-refractivity contribution in [3.05, 3.63) is 95.6 Å². The summed E-state index contributed by atoms with van der Waals surface area (Å²) in [6.07, 6.45) is 2.52. The van der Waals surface area contributed by atoms with Gasteiger partial charge in [0.15, 0.2) is 11.5 Å². The standard InChI is InChI=1S/C25H27N3O5S/c1-32-24-15-22(13-14-23(24)33-19-21-11-7-4-8-12-21)16-26-27-25(29)18-28(34(2,30)31)17-20-9-5-3-6-10-20/h3-16H,17-19H2,1-2H3,(H,27,29)/b26-16-. The van der Waals surface area contributed by atoms with E-state index in [1.165, 1.54) is 6.21 Å². The smallest absolute Gasteiger partial charge is 0.255 e. The molecule has 178 valence electrons. The minimum Gasteiger partial charge on any atom is -0.493 e. The number of hydrogen-bond donors (Lipinski definition) is 1. The van der Waals surface area contributed by atoms with E-state index in [0.29, 0.717) is 23.7 Å². The Morgan fingerprint density at radius 2 is 1.62 bits per heavy atom. The number of nitrogens with zero attached hydrogens (tertiary/aromatic N) is 2. The highest BCUT2D eigenvalue weighted by Gasteiger charge is 2.20. The number of rotatable bonds is 11. The first-order valence-electron chi connectivity index (χ1n) is 10.5. The Morgan fingerprint density at radius 1 is 0.971 bits per heavy atom. The van der Waals surface area contributed by atoms with Gasteiger partial charge >= 0.3 is 0 Å². The lowest BCUT2D eigenvalue weighted by Gasteiger charge is -2.18. The van der Waals surface area contributed by atoms with Gasteiger partial charge in [-0.3, -0.25) is 4.79 Å². The number of hydrazone groups is 1. The highest BCUT2D eigenvalue weighted by molar-refractivity contribution is 7.88. The molecule has 0 aliphatic heterocycles. The van der Waals surface area contributed by atoms with Crippen LogP contribution < -0.4 is 14.9 Å². The maximum atomic E-state index is 12.3. The summed E-state index contributed by atoms with van der Waals surface area (Å²) in [4.78, 5) is 12.3. The molecule has 3 aromatic carbocycles. The van der Waals surface area contributed by atoms with Crippen LogP contribution in [0.5, 0.6) is 11.5 Å². The van der Waals surface area contributed by atoms with Crippen molar-refractivity contribution in [3.8, 4) is 11.5 Å². The fourth-order valence-electron chi connectivity index (χ4n) is 3.07. The van der Waals surface area contributed by atoms with Crippen molar-refractivity contribution in [2.24, 2.45) is 5.10 Å². The summed E-state index contributed by atoms with van der Waals surface area (Å²) in [6.45, 7) is 0.152. The van der Waals surface area contributed by atoms with Crippen LogP contribution in [-0.4, -0.2) is 44.8 Å². The predicted molar refractivity (Wildman–Crippen MR) is 131 cm³/mol. The van der Waals surface area contributed by atoms with Crippen molar-refractivity contribution < 1.29 is 22.7 Å². The zero-order valence-corrected chi connectivity index (χ0v) is 19.9. The third-order valence-corrected chi connectivity index (χ3v) is 6.01. The molecule has 3 aromatic rings. The molecular formula is C25H27N3O5S. The van der Waals surface area contributed by atoms with Gasteiger partial charge < -0.3 is 9.47 Å². The quantitative estimate of drug-likeness (QED) is 0.335. The molecule has 0 unspecified atom stereocenters. The predicted octanol–water partition coefficient (Wildman–Crippen LogP) is 3.19. The third kappa shape index (κ3) is 7.72. The number of benzene rings is 3. The van der Waals surface area contributed by atoms with Gasteiger partial charge in [0, 0.05) is 6.54 Å². The number of carbonyl (C=O) groups excluding carboxylic acids is 1. The number of methoxy groups -OCH3 is 1. The molecule has 0 heterocycles. The molecule has 0 bridgehead atoms. The van der Waals surface area contributed by atoms with Crippen LogP contribution in [0.4, 0.5) is 0 Å². The van der Waals surface area contributed by atoms with Crippen molar-refractivity contribution in [1.29, 1.82) is 0 Å². The summed E-state index contributed by atoms with van der Waals surface area (Å²) in [6, 6.07) is 24.1. The molecule has 1 amide bonds. The lowest BCUT2D eigenvalue weighted by molar-refractivity contribution is -0.121. The van der Waals surface area contributed by atoms with E-state index in [0.717, 1.165) is 21.7 Å². The molecule has 8 nitrogen and oxygen atoms in total. The Balaban J connectivity index is 1.58. The van der Waals surface area contributed by atoms with Gasteiger partial charge in [-0.2, -0.15) is 9.41 Å². The topological polar surface area (TPSA) is 97.3 Å². The molecule has 34 heavy (non-hydrogen) atoms. The van der Waals surface area contributed by atoms with Crippen molar-refractivity contribution in [1.82, 2.24) is 9.73 Å². The van der Waals surface area contributed by atoms with Crippen LogP contribution in [0.3, 0.4) is 0 Å². The summed E-state index contributed by atoms with van der Waals surface area (Å²) in [5.41, 5.74) is 4.86. The fraction of sp³-hybridized carbons (Fsp3) is 0.200. The minimum atomic E-state index is -3.58. The van der Waals surface area contributed by atoms with E-state index in [9.17, 15) is 13.2 Å². The Hall–Kier alpha value is -3.69. The van der Waals surface area contributed by atoms with Crippen LogP contribution in [-0.2, 0) is 28.0 Å². The first kappa shape index (κ1) is 24.9. The zero-order valence-electron chi connectivity index (χ0n) is 19.0. The molecule has 0 aliphatic rings. The van der Waals surface area contributed by atoms with Crippen molar-refractivity contribution >= 4 is 22.1 Å². The Morgan fingerprint density at radius 3 is 2.24 bits per heavy atom. The second-order valence-electron chi connectivity index (χ2n) is 7.49. The van der Waals surface area contributed by atoms with Gasteiger partial charge in [-0.1, -0.05) is 60.7 Å². The van der Waals surface area contributed by atoms with Crippen molar-refractivity contribution in [3.63, 3.8) is 0 Å². The Labute approximate surface area is 199 Å². The molecule has 3 rings (SSSR count). The van der Waals surface area contributed by atoms with Crippen LogP contribution in [0.25, 0.3) is 0 Å². The maximum Gasteiger partial charge on any atom is 0.255 e.